The molecule has 0 bridgehead atoms. The van der Waals surface area contributed by atoms with Crippen LogP contribution in [-0.4, -0.2) is 40.1 Å². The third kappa shape index (κ3) is 6.08. The predicted molar refractivity (Wildman–Crippen MR) is 107 cm³/mol. The van der Waals surface area contributed by atoms with E-state index in [0.29, 0.717) is 24.7 Å². The van der Waals surface area contributed by atoms with Gasteiger partial charge in [-0.05, 0) is 32.4 Å². The Balaban J connectivity index is 0.00000312. The largest absolute Gasteiger partial charge is 0.342 e. The Hall–Kier alpha value is -0.890. The number of hydrogen-bond acceptors (Lipinski definition) is 6. The van der Waals surface area contributed by atoms with Crippen LogP contribution in [0.1, 0.15) is 71.0 Å². The predicted octanol–water partition coefficient (Wildman–Crippen LogP) is 2.77. The van der Waals surface area contributed by atoms with Crippen LogP contribution in [0, 0.1) is 0 Å². The van der Waals surface area contributed by atoms with Crippen molar-refractivity contribution in [1.29, 1.82) is 0 Å². The highest BCUT2D eigenvalue weighted by Crippen LogP contribution is 2.37. The third-order valence-corrected chi connectivity index (χ3v) is 4.91. The molecule has 1 amide bonds. The van der Waals surface area contributed by atoms with E-state index in [1.54, 1.807) is 0 Å². The van der Waals surface area contributed by atoms with Crippen molar-refractivity contribution < 1.29 is 9.32 Å². The quantitative estimate of drug-likeness (QED) is 0.650. The van der Waals surface area contributed by atoms with E-state index >= 15 is 0 Å². The van der Waals surface area contributed by atoms with Crippen LogP contribution in [-0.2, 0) is 16.9 Å². The van der Waals surface area contributed by atoms with Gasteiger partial charge in [0.25, 0.3) is 0 Å². The average molecular weight is 410 g/mol. The van der Waals surface area contributed by atoms with Gasteiger partial charge in [-0.1, -0.05) is 45.2 Å². The molecule has 7 nitrogen and oxygen atoms in total. The molecule has 0 radical (unpaired) electrons. The van der Waals surface area contributed by atoms with Crippen LogP contribution in [0.4, 0.5) is 0 Å². The molecule has 1 aromatic rings. The Kier molecular flexibility index (Phi) is 11.3. The van der Waals surface area contributed by atoms with Crippen molar-refractivity contribution in [3.8, 4) is 0 Å². The van der Waals surface area contributed by atoms with E-state index < -0.39 is 11.6 Å². The molecule has 1 fully saturated rings. The first-order valence-corrected chi connectivity index (χ1v) is 9.17. The van der Waals surface area contributed by atoms with Crippen molar-refractivity contribution >= 4 is 30.7 Å². The van der Waals surface area contributed by atoms with Crippen molar-refractivity contribution in [1.82, 2.24) is 20.4 Å². The van der Waals surface area contributed by atoms with Crippen LogP contribution in [0.15, 0.2) is 4.52 Å². The molecule has 0 aromatic carbocycles. The first-order chi connectivity index (χ1) is 11.5. The summed E-state index contributed by atoms with van der Waals surface area (Å²) in [7, 11) is 0. The first-order valence-electron chi connectivity index (χ1n) is 9.17. The van der Waals surface area contributed by atoms with Crippen molar-refractivity contribution in [2.75, 3.05) is 13.1 Å². The van der Waals surface area contributed by atoms with Crippen LogP contribution in [0.2, 0.25) is 0 Å². The van der Waals surface area contributed by atoms with Crippen LogP contribution >= 0.6 is 24.8 Å². The standard InChI is InChI=1S/C17H31N5O2.2ClH/c1-4-9-13(18)15(23)20-17(10-7-8-11-17)16-19-14(24-21-16)12-22(5-2)6-3;;/h13H,4-12,18H2,1-3H3,(H,20,23);2*1H. The molecule has 0 spiro atoms. The van der Waals surface area contributed by atoms with E-state index in [1.807, 2.05) is 6.92 Å². The number of nitrogens with zero attached hydrogens (tertiary/aromatic N) is 3. The van der Waals surface area contributed by atoms with Crippen LogP contribution in [0.25, 0.3) is 0 Å². The SMILES string of the molecule is CCCC(N)C(=O)NC1(c2noc(CN(CC)CC)n2)CCCC1.Cl.Cl. The van der Waals surface area contributed by atoms with Crippen LogP contribution in [0.5, 0.6) is 0 Å². The highest BCUT2D eigenvalue weighted by molar-refractivity contribution is 5.85. The zero-order valence-electron chi connectivity index (χ0n) is 16.0. The number of halogens is 2. The Labute approximate surface area is 168 Å². The lowest BCUT2D eigenvalue weighted by atomic mass is 9.95. The van der Waals surface area contributed by atoms with Gasteiger partial charge in [0, 0.05) is 0 Å². The summed E-state index contributed by atoms with van der Waals surface area (Å²) in [6.45, 7) is 8.74. The van der Waals surface area contributed by atoms with Gasteiger partial charge in [-0.15, -0.1) is 24.8 Å². The molecule has 1 unspecified atom stereocenters. The summed E-state index contributed by atoms with van der Waals surface area (Å²) in [5, 5.41) is 7.31. The zero-order chi connectivity index (χ0) is 17.6. The molecule has 26 heavy (non-hydrogen) atoms. The van der Waals surface area contributed by atoms with Crippen LogP contribution < -0.4 is 11.1 Å². The number of carbonyl (C=O) groups excluding carboxylic acids is 1. The molecule has 0 aliphatic heterocycles. The van der Waals surface area contributed by atoms with E-state index in [-0.39, 0.29) is 30.7 Å². The normalized spacial score (nSPS) is 16.7. The van der Waals surface area contributed by atoms with Gasteiger partial charge < -0.3 is 15.6 Å². The molecule has 2 rings (SSSR count). The molecular weight excluding hydrogens is 377 g/mol. The second-order valence-electron chi connectivity index (χ2n) is 6.65. The molecule has 1 aromatic heterocycles. The summed E-state index contributed by atoms with van der Waals surface area (Å²) < 4.78 is 5.44. The van der Waals surface area contributed by atoms with Crippen molar-refractivity contribution in [2.45, 2.75) is 77.4 Å². The maximum Gasteiger partial charge on any atom is 0.240 e. The van der Waals surface area contributed by atoms with Crippen molar-refractivity contribution in [3.05, 3.63) is 11.7 Å². The fourth-order valence-corrected chi connectivity index (χ4v) is 3.31. The van der Waals surface area contributed by atoms with Gasteiger partial charge in [0.2, 0.25) is 11.8 Å². The van der Waals surface area contributed by atoms with Crippen molar-refractivity contribution in [2.24, 2.45) is 5.73 Å². The minimum absolute atomic E-state index is 0. The lowest BCUT2D eigenvalue weighted by Crippen LogP contribution is -2.51. The maximum absolute atomic E-state index is 12.4. The summed E-state index contributed by atoms with van der Waals surface area (Å²) in [4.78, 5) is 19.2. The molecule has 9 heteroatoms. The summed E-state index contributed by atoms with van der Waals surface area (Å²) in [6, 6.07) is -0.477. The fourth-order valence-electron chi connectivity index (χ4n) is 3.31. The van der Waals surface area contributed by atoms with Crippen molar-refractivity contribution in [3.63, 3.8) is 0 Å². The molecule has 1 atom stereocenters. The van der Waals surface area contributed by atoms with E-state index in [4.69, 9.17) is 10.3 Å². The number of amides is 1. The maximum atomic E-state index is 12.4. The molecule has 1 aliphatic carbocycles. The Bertz CT molecular complexity index is 531. The summed E-state index contributed by atoms with van der Waals surface area (Å²) in [6.07, 6.45) is 5.33. The van der Waals surface area contributed by atoms with E-state index in [2.05, 4.69) is 34.2 Å². The Morgan fingerprint density at radius 1 is 1.27 bits per heavy atom. The number of aromatic nitrogens is 2. The average Bonchev–Trinajstić information content (AvgIpc) is 3.23. The summed E-state index contributed by atoms with van der Waals surface area (Å²) in [5.74, 6) is 1.08. The topological polar surface area (TPSA) is 97.3 Å². The van der Waals surface area contributed by atoms with E-state index in [1.165, 1.54) is 0 Å². The molecular formula is C17H33Cl2N5O2. The van der Waals surface area contributed by atoms with Gasteiger partial charge in [0.1, 0.15) is 5.54 Å². The Morgan fingerprint density at radius 2 is 1.88 bits per heavy atom. The highest BCUT2D eigenvalue weighted by atomic mass is 35.5. The number of nitrogens with two attached hydrogens (primary N) is 1. The summed E-state index contributed by atoms with van der Waals surface area (Å²) >= 11 is 0. The lowest BCUT2D eigenvalue weighted by molar-refractivity contribution is -0.124. The van der Waals surface area contributed by atoms with Gasteiger partial charge in [-0.3, -0.25) is 9.69 Å². The van der Waals surface area contributed by atoms with E-state index in [9.17, 15) is 4.79 Å². The van der Waals surface area contributed by atoms with E-state index in [0.717, 1.165) is 45.2 Å². The lowest BCUT2D eigenvalue weighted by Gasteiger charge is -2.28. The number of rotatable bonds is 9. The van der Waals surface area contributed by atoms with Crippen LogP contribution in [0.3, 0.4) is 0 Å². The molecule has 152 valence electrons. The third-order valence-electron chi connectivity index (χ3n) is 4.91. The second-order valence-corrected chi connectivity index (χ2v) is 6.65. The van der Waals surface area contributed by atoms with Gasteiger partial charge >= 0.3 is 0 Å². The Morgan fingerprint density at radius 3 is 2.42 bits per heavy atom. The fraction of sp³-hybridized carbons (Fsp3) is 0.824. The molecule has 0 saturated heterocycles. The smallest absolute Gasteiger partial charge is 0.240 e. The minimum Gasteiger partial charge on any atom is -0.342 e. The second kappa shape index (κ2) is 11.7. The summed E-state index contributed by atoms with van der Waals surface area (Å²) in [5.41, 5.74) is 5.45. The first kappa shape index (κ1) is 25.1. The molecule has 3 N–H and O–H groups in total. The van der Waals surface area contributed by atoms with Gasteiger partial charge in [-0.2, -0.15) is 4.98 Å². The van der Waals surface area contributed by atoms with Gasteiger partial charge in [-0.25, -0.2) is 0 Å². The molecule has 1 saturated carbocycles. The van der Waals surface area contributed by atoms with Gasteiger partial charge in [0.15, 0.2) is 5.82 Å². The monoisotopic (exact) mass is 409 g/mol. The highest BCUT2D eigenvalue weighted by Gasteiger charge is 2.42. The molecule has 1 aliphatic rings. The number of carbonyl (C=O) groups is 1. The number of nitrogens with one attached hydrogen (secondary N) is 1. The molecule has 1 heterocycles. The number of hydrogen-bond donors (Lipinski definition) is 2. The zero-order valence-corrected chi connectivity index (χ0v) is 17.6. The minimum atomic E-state index is -0.520. The van der Waals surface area contributed by atoms with Gasteiger partial charge in [0.05, 0.1) is 12.6 Å².